The molecular formula is C16H16ClN3O2. The molecule has 2 aromatic heterocycles. The number of nitrogens with one attached hydrogen (secondary N) is 2. The molecule has 5 nitrogen and oxygen atoms in total. The average Bonchev–Trinajstić information content (AvgIpc) is 3.12. The lowest BCUT2D eigenvalue weighted by atomic mass is 10.0. The number of hydrogen-bond acceptors (Lipinski definition) is 3. The zero-order chi connectivity index (χ0) is 15.7. The summed E-state index contributed by atoms with van der Waals surface area (Å²) in [6.45, 7) is 4.60. The first-order valence-corrected chi connectivity index (χ1v) is 7.42. The molecule has 0 fully saturated rings. The largest absolute Gasteiger partial charge is 0.364 e. The average molecular weight is 318 g/mol. The molecule has 0 aliphatic carbocycles. The van der Waals surface area contributed by atoms with E-state index in [1.54, 1.807) is 0 Å². The van der Waals surface area contributed by atoms with Crippen LogP contribution in [-0.2, 0) is 6.54 Å². The zero-order valence-electron chi connectivity index (χ0n) is 12.3. The molecule has 0 radical (unpaired) electrons. The van der Waals surface area contributed by atoms with Crippen molar-refractivity contribution in [2.45, 2.75) is 26.3 Å². The van der Waals surface area contributed by atoms with Crippen molar-refractivity contribution in [1.82, 2.24) is 15.5 Å². The van der Waals surface area contributed by atoms with Crippen LogP contribution in [0, 0.1) is 0 Å². The Balaban J connectivity index is 1.79. The van der Waals surface area contributed by atoms with E-state index in [0.29, 0.717) is 12.5 Å². The predicted octanol–water partition coefficient (Wildman–Crippen LogP) is 3.86. The Hall–Kier alpha value is -2.27. The lowest BCUT2D eigenvalue weighted by Crippen LogP contribution is -2.23. The number of fused-ring (bicyclic) bond motifs is 1. The van der Waals surface area contributed by atoms with Gasteiger partial charge in [0.05, 0.1) is 6.54 Å². The quantitative estimate of drug-likeness (QED) is 0.767. The van der Waals surface area contributed by atoms with Crippen molar-refractivity contribution in [3.8, 4) is 0 Å². The summed E-state index contributed by atoms with van der Waals surface area (Å²) in [7, 11) is 0. The van der Waals surface area contributed by atoms with Crippen LogP contribution in [0.25, 0.3) is 10.9 Å². The van der Waals surface area contributed by atoms with Crippen molar-refractivity contribution in [1.29, 1.82) is 0 Å². The van der Waals surface area contributed by atoms with Crippen molar-refractivity contribution in [3.05, 3.63) is 52.5 Å². The first-order valence-electron chi connectivity index (χ1n) is 7.04. The lowest BCUT2D eigenvalue weighted by molar-refractivity contribution is 0.0941. The minimum atomic E-state index is -0.270. The van der Waals surface area contributed by atoms with Crippen molar-refractivity contribution in [3.63, 3.8) is 0 Å². The number of H-pyrrole nitrogens is 1. The fraction of sp³-hybridized carbons (Fsp3) is 0.250. The van der Waals surface area contributed by atoms with Gasteiger partial charge in [-0.3, -0.25) is 4.79 Å². The van der Waals surface area contributed by atoms with Gasteiger partial charge in [-0.15, -0.1) is 0 Å². The van der Waals surface area contributed by atoms with Gasteiger partial charge in [-0.2, -0.15) is 0 Å². The van der Waals surface area contributed by atoms with Crippen molar-refractivity contribution in [2.75, 3.05) is 0 Å². The number of aromatic amines is 1. The number of nitrogens with zero attached hydrogens (tertiary/aromatic N) is 1. The molecule has 0 bridgehead atoms. The van der Waals surface area contributed by atoms with E-state index in [0.717, 1.165) is 27.2 Å². The fourth-order valence-corrected chi connectivity index (χ4v) is 2.75. The summed E-state index contributed by atoms with van der Waals surface area (Å²) in [4.78, 5) is 15.1. The Morgan fingerprint density at radius 3 is 2.91 bits per heavy atom. The molecule has 1 aromatic carbocycles. The third-order valence-corrected chi connectivity index (χ3v) is 3.85. The zero-order valence-corrected chi connectivity index (χ0v) is 13.1. The van der Waals surface area contributed by atoms with Crippen LogP contribution in [0.1, 0.15) is 41.5 Å². The van der Waals surface area contributed by atoms with Crippen LogP contribution in [0.5, 0.6) is 0 Å². The van der Waals surface area contributed by atoms with E-state index in [-0.39, 0.29) is 11.6 Å². The van der Waals surface area contributed by atoms with Gasteiger partial charge in [-0.05, 0) is 29.7 Å². The van der Waals surface area contributed by atoms with E-state index in [1.807, 2.05) is 12.1 Å². The number of amides is 1. The second-order valence-corrected chi connectivity index (χ2v) is 5.88. The minimum absolute atomic E-state index is 0.265. The monoisotopic (exact) mass is 317 g/mol. The molecule has 0 atom stereocenters. The maximum atomic E-state index is 11.8. The number of aromatic nitrogens is 2. The van der Waals surface area contributed by atoms with Gasteiger partial charge in [0, 0.05) is 27.7 Å². The minimum Gasteiger partial charge on any atom is -0.364 e. The summed E-state index contributed by atoms with van der Waals surface area (Å²) >= 11 is 6.30. The molecule has 22 heavy (non-hydrogen) atoms. The third kappa shape index (κ3) is 2.85. The van der Waals surface area contributed by atoms with E-state index < -0.39 is 0 Å². The molecule has 3 rings (SSSR count). The number of benzene rings is 1. The summed E-state index contributed by atoms with van der Waals surface area (Å²) < 4.78 is 4.65. The van der Waals surface area contributed by atoms with Gasteiger partial charge >= 0.3 is 0 Å². The third-order valence-electron chi connectivity index (χ3n) is 3.53. The van der Waals surface area contributed by atoms with Gasteiger partial charge in [0.15, 0.2) is 5.69 Å². The molecule has 3 aromatic rings. The molecule has 6 heteroatoms. The van der Waals surface area contributed by atoms with E-state index in [9.17, 15) is 4.79 Å². The van der Waals surface area contributed by atoms with Crippen LogP contribution < -0.4 is 5.32 Å². The van der Waals surface area contributed by atoms with Crippen LogP contribution in [0.2, 0.25) is 5.02 Å². The highest BCUT2D eigenvalue weighted by molar-refractivity contribution is 6.32. The van der Waals surface area contributed by atoms with Gasteiger partial charge in [0.2, 0.25) is 0 Å². The van der Waals surface area contributed by atoms with E-state index >= 15 is 0 Å². The predicted molar refractivity (Wildman–Crippen MR) is 85.1 cm³/mol. The summed E-state index contributed by atoms with van der Waals surface area (Å²) in [6.07, 6.45) is 1.37. The maximum absolute atomic E-state index is 11.8. The van der Waals surface area contributed by atoms with Crippen LogP contribution in [0.3, 0.4) is 0 Å². The fourth-order valence-electron chi connectivity index (χ4n) is 2.36. The molecule has 2 heterocycles. The van der Waals surface area contributed by atoms with Crippen molar-refractivity contribution >= 4 is 28.4 Å². The number of rotatable bonds is 4. The lowest BCUT2D eigenvalue weighted by Gasteiger charge is -2.07. The number of halogens is 1. The summed E-state index contributed by atoms with van der Waals surface area (Å²) in [6, 6.07) is 7.51. The first-order chi connectivity index (χ1) is 10.5. The molecular weight excluding hydrogens is 302 g/mol. The van der Waals surface area contributed by atoms with Gasteiger partial charge in [0.25, 0.3) is 5.91 Å². The highest BCUT2D eigenvalue weighted by Gasteiger charge is 2.11. The number of carbonyl (C=O) groups excluding carboxylic acids is 1. The highest BCUT2D eigenvalue weighted by Crippen LogP contribution is 2.29. The van der Waals surface area contributed by atoms with E-state index in [4.69, 9.17) is 11.6 Å². The SMILES string of the molecule is CC(C)c1cc2[nH]c(CNC(=O)c3ccon3)cc2cc1Cl. The molecule has 0 spiro atoms. The van der Waals surface area contributed by atoms with Crippen molar-refractivity contribution in [2.24, 2.45) is 0 Å². The van der Waals surface area contributed by atoms with Gasteiger partial charge in [-0.25, -0.2) is 0 Å². The summed E-state index contributed by atoms with van der Waals surface area (Å²) in [5.41, 5.74) is 3.29. The second kappa shape index (κ2) is 5.85. The maximum Gasteiger partial charge on any atom is 0.273 e. The Morgan fingerprint density at radius 1 is 1.41 bits per heavy atom. The normalized spacial score (nSPS) is 11.3. The second-order valence-electron chi connectivity index (χ2n) is 5.48. The van der Waals surface area contributed by atoms with Crippen LogP contribution in [-0.4, -0.2) is 16.0 Å². The summed E-state index contributed by atoms with van der Waals surface area (Å²) in [5, 5.41) is 8.18. The van der Waals surface area contributed by atoms with Gasteiger partial charge in [0.1, 0.15) is 6.26 Å². The standard InChI is InChI=1S/C16H16ClN3O2/c1-9(2)12-7-15-10(6-13(12)17)5-11(19-15)8-18-16(21)14-3-4-22-20-14/h3-7,9,19H,8H2,1-2H3,(H,18,21). The number of hydrogen-bond donors (Lipinski definition) is 2. The molecule has 114 valence electrons. The molecule has 2 N–H and O–H groups in total. The topological polar surface area (TPSA) is 70.9 Å². The smallest absolute Gasteiger partial charge is 0.273 e. The van der Waals surface area contributed by atoms with Crippen molar-refractivity contribution < 1.29 is 9.32 Å². The Bertz CT molecular complexity index is 806. The number of carbonyl (C=O) groups is 1. The van der Waals surface area contributed by atoms with Crippen LogP contribution >= 0.6 is 11.6 Å². The Labute approximate surface area is 132 Å². The van der Waals surface area contributed by atoms with E-state index in [1.165, 1.54) is 12.3 Å². The van der Waals surface area contributed by atoms with Gasteiger partial charge in [-0.1, -0.05) is 30.6 Å². The molecule has 1 amide bonds. The van der Waals surface area contributed by atoms with E-state index in [2.05, 4.69) is 39.9 Å². The molecule has 0 aliphatic rings. The summed E-state index contributed by atoms with van der Waals surface area (Å²) in [5.74, 6) is 0.0869. The first kappa shape index (κ1) is 14.7. The van der Waals surface area contributed by atoms with Crippen LogP contribution in [0.15, 0.2) is 35.1 Å². The molecule has 0 saturated carbocycles. The Morgan fingerprint density at radius 2 is 2.23 bits per heavy atom. The van der Waals surface area contributed by atoms with Crippen LogP contribution in [0.4, 0.5) is 0 Å². The molecule has 0 unspecified atom stereocenters. The Kier molecular flexibility index (Phi) is 3.90. The highest BCUT2D eigenvalue weighted by atomic mass is 35.5. The van der Waals surface area contributed by atoms with Gasteiger partial charge < -0.3 is 14.8 Å². The molecule has 0 aliphatic heterocycles. The molecule has 0 saturated heterocycles.